The molecule has 2 aromatic rings. The van der Waals surface area contributed by atoms with Gasteiger partial charge in [-0.25, -0.2) is 0 Å². The van der Waals surface area contributed by atoms with Crippen molar-refractivity contribution in [3.05, 3.63) is 40.3 Å². The van der Waals surface area contributed by atoms with E-state index in [-0.39, 0.29) is 22.9 Å². The third-order valence-corrected chi connectivity index (χ3v) is 2.28. The second-order valence-electron chi connectivity index (χ2n) is 3.08. The van der Waals surface area contributed by atoms with Gasteiger partial charge in [-0.2, -0.15) is 4.98 Å². The van der Waals surface area contributed by atoms with Crippen LogP contribution >= 0.6 is 23.2 Å². The molecule has 5 nitrogen and oxygen atoms in total. The van der Waals surface area contributed by atoms with Crippen LogP contribution in [0.1, 0.15) is 5.56 Å². The smallest absolute Gasteiger partial charge is 0.262 e. The molecule has 0 aliphatic heterocycles. The number of aliphatic hydroxyl groups is 1. The first-order valence-corrected chi connectivity index (χ1v) is 5.38. The molecule has 0 amide bonds. The molecule has 1 N–H and O–H groups in total. The lowest BCUT2D eigenvalue weighted by Crippen LogP contribution is -1.95. The predicted octanol–water partition coefficient (Wildman–Crippen LogP) is 2.46. The van der Waals surface area contributed by atoms with Crippen LogP contribution < -0.4 is 4.74 Å². The zero-order valence-corrected chi connectivity index (χ0v) is 9.98. The van der Waals surface area contributed by atoms with E-state index in [9.17, 15) is 0 Å². The van der Waals surface area contributed by atoms with Gasteiger partial charge in [0.05, 0.1) is 6.61 Å². The fourth-order valence-corrected chi connectivity index (χ4v) is 1.40. The Morgan fingerprint density at radius 2 is 2.06 bits per heavy atom. The van der Waals surface area contributed by atoms with Crippen molar-refractivity contribution >= 4 is 23.2 Å². The Labute approximate surface area is 107 Å². The van der Waals surface area contributed by atoms with Gasteiger partial charge in [0, 0.05) is 0 Å². The molecule has 1 aromatic carbocycles. The Balaban J connectivity index is 2.27. The third kappa shape index (κ3) is 3.03. The van der Waals surface area contributed by atoms with Crippen LogP contribution in [0.15, 0.2) is 24.3 Å². The summed E-state index contributed by atoms with van der Waals surface area (Å²) in [5.74, 6) is 0.553. The van der Waals surface area contributed by atoms with Gasteiger partial charge in [0.1, 0.15) is 5.75 Å². The van der Waals surface area contributed by atoms with Gasteiger partial charge < -0.3 is 9.84 Å². The monoisotopic (exact) mass is 271 g/mol. The molecule has 88 valence electrons. The van der Waals surface area contributed by atoms with Crippen molar-refractivity contribution in [1.82, 2.24) is 15.2 Å². The SMILES string of the molecule is OCc1cccc(Oc2nc(Cl)nnc2Cl)c1. The van der Waals surface area contributed by atoms with Crippen LogP contribution in [-0.2, 0) is 6.61 Å². The summed E-state index contributed by atoms with van der Waals surface area (Å²) in [7, 11) is 0. The molecule has 0 atom stereocenters. The molecule has 0 saturated carbocycles. The van der Waals surface area contributed by atoms with E-state index in [1.165, 1.54) is 0 Å². The molecule has 2 rings (SSSR count). The van der Waals surface area contributed by atoms with Crippen molar-refractivity contribution in [2.45, 2.75) is 6.61 Å². The molecule has 1 heterocycles. The van der Waals surface area contributed by atoms with E-state index in [0.717, 1.165) is 0 Å². The van der Waals surface area contributed by atoms with Crippen LogP contribution in [0.3, 0.4) is 0 Å². The number of aromatic nitrogens is 3. The summed E-state index contributed by atoms with van der Waals surface area (Å²) in [6.45, 7) is -0.0757. The first-order valence-electron chi connectivity index (χ1n) is 4.62. The number of benzene rings is 1. The van der Waals surface area contributed by atoms with Crippen molar-refractivity contribution in [3.63, 3.8) is 0 Å². The highest BCUT2D eigenvalue weighted by Crippen LogP contribution is 2.26. The summed E-state index contributed by atoms with van der Waals surface area (Å²) in [6, 6.07) is 6.86. The van der Waals surface area contributed by atoms with Crippen LogP contribution in [0.2, 0.25) is 10.4 Å². The van der Waals surface area contributed by atoms with Crippen molar-refractivity contribution < 1.29 is 9.84 Å². The second-order valence-corrected chi connectivity index (χ2v) is 3.78. The predicted molar refractivity (Wildman–Crippen MR) is 62.3 cm³/mol. The zero-order valence-electron chi connectivity index (χ0n) is 8.47. The van der Waals surface area contributed by atoms with E-state index in [1.807, 2.05) is 0 Å². The molecule has 0 aliphatic rings. The van der Waals surface area contributed by atoms with Gasteiger partial charge in [0.15, 0.2) is 0 Å². The van der Waals surface area contributed by atoms with Crippen molar-refractivity contribution in [2.24, 2.45) is 0 Å². The number of nitrogens with zero attached hydrogens (tertiary/aromatic N) is 3. The van der Waals surface area contributed by atoms with Crippen LogP contribution in [0.25, 0.3) is 0 Å². The van der Waals surface area contributed by atoms with Crippen LogP contribution in [0.5, 0.6) is 11.6 Å². The number of hydrogen-bond donors (Lipinski definition) is 1. The first kappa shape index (κ1) is 12.0. The molecule has 0 unspecified atom stereocenters. The zero-order chi connectivity index (χ0) is 12.3. The number of halogens is 2. The standard InChI is InChI=1S/C10H7Cl2N3O2/c11-8-9(13-10(12)15-14-8)17-7-3-1-2-6(4-7)5-16/h1-4,16H,5H2. The van der Waals surface area contributed by atoms with Crippen LogP contribution in [0, 0.1) is 0 Å². The minimum Gasteiger partial charge on any atom is -0.436 e. The summed E-state index contributed by atoms with van der Waals surface area (Å²) >= 11 is 11.3. The highest BCUT2D eigenvalue weighted by atomic mass is 35.5. The Morgan fingerprint density at radius 3 is 2.82 bits per heavy atom. The van der Waals surface area contributed by atoms with Crippen molar-refractivity contribution in [2.75, 3.05) is 0 Å². The molecule has 0 radical (unpaired) electrons. The molecule has 7 heteroatoms. The van der Waals surface area contributed by atoms with Crippen LogP contribution in [0.4, 0.5) is 0 Å². The summed E-state index contributed by atoms with van der Waals surface area (Å²) < 4.78 is 5.39. The number of rotatable bonds is 3. The van der Waals surface area contributed by atoms with Gasteiger partial charge in [-0.3, -0.25) is 0 Å². The van der Waals surface area contributed by atoms with E-state index in [2.05, 4.69) is 15.2 Å². The van der Waals surface area contributed by atoms with Gasteiger partial charge in [0.2, 0.25) is 10.4 Å². The lowest BCUT2D eigenvalue weighted by Gasteiger charge is -2.06. The van der Waals surface area contributed by atoms with Crippen molar-refractivity contribution in [1.29, 1.82) is 0 Å². The van der Waals surface area contributed by atoms with E-state index in [1.54, 1.807) is 24.3 Å². The molecule has 17 heavy (non-hydrogen) atoms. The summed E-state index contributed by atoms with van der Waals surface area (Å²) in [4.78, 5) is 3.80. The highest BCUT2D eigenvalue weighted by molar-refractivity contribution is 6.31. The van der Waals surface area contributed by atoms with Crippen molar-refractivity contribution in [3.8, 4) is 11.6 Å². The van der Waals surface area contributed by atoms with Gasteiger partial charge in [-0.15, -0.1) is 10.2 Å². The average Bonchev–Trinajstić information content (AvgIpc) is 2.34. The minimum absolute atomic E-state index is 0.0174. The molecular formula is C10H7Cl2N3O2. The third-order valence-electron chi connectivity index (χ3n) is 1.89. The maximum absolute atomic E-state index is 8.99. The first-order chi connectivity index (χ1) is 8.19. The lowest BCUT2D eigenvalue weighted by molar-refractivity contribution is 0.281. The van der Waals surface area contributed by atoms with Gasteiger partial charge in [-0.05, 0) is 29.3 Å². The quantitative estimate of drug-likeness (QED) is 0.929. The topological polar surface area (TPSA) is 68.1 Å². The number of ether oxygens (including phenoxy) is 1. The Morgan fingerprint density at radius 1 is 1.24 bits per heavy atom. The van der Waals surface area contributed by atoms with E-state index in [4.69, 9.17) is 33.0 Å². The fourth-order valence-electron chi connectivity index (χ4n) is 1.16. The maximum Gasteiger partial charge on any atom is 0.262 e. The Kier molecular flexibility index (Phi) is 3.73. The fraction of sp³-hybridized carbons (Fsp3) is 0.100. The number of hydrogen-bond acceptors (Lipinski definition) is 5. The molecule has 1 aromatic heterocycles. The molecule has 0 bridgehead atoms. The molecule has 0 aliphatic carbocycles. The second kappa shape index (κ2) is 5.27. The average molecular weight is 272 g/mol. The normalized spacial score (nSPS) is 10.3. The summed E-state index contributed by atoms with van der Waals surface area (Å²) in [5, 5.41) is 16.0. The lowest BCUT2D eigenvalue weighted by atomic mass is 10.2. The number of aliphatic hydroxyl groups excluding tert-OH is 1. The van der Waals surface area contributed by atoms with Gasteiger partial charge >= 0.3 is 0 Å². The summed E-state index contributed by atoms with van der Waals surface area (Å²) in [5.41, 5.74) is 0.715. The van der Waals surface area contributed by atoms with Crippen LogP contribution in [-0.4, -0.2) is 20.3 Å². The van der Waals surface area contributed by atoms with E-state index < -0.39 is 0 Å². The highest BCUT2D eigenvalue weighted by Gasteiger charge is 2.08. The maximum atomic E-state index is 8.99. The molecule has 0 spiro atoms. The largest absolute Gasteiger partial charge is 0.436 e. The van der Waals surface area contributed by atoms with E-state index in [0.29, 0.717) is 11.3 Å². The minimum atomic E-state index is -0.0757. The molecule has 0 fully saturated rings. The van der Waals surface area contributed by atoms with E-state index >= 15 is 0 Å². The molecular weight excluding hydrogens is 265 g/mol. The summed E-state index contributed by atoms with van der Waals surface area (Å²) in [6.07, 6.45) is 0. The Hall–Kier alpha value is -1.43. The molecule has 0 saturated heterocycles. The Bertz CT molecular complexity index is 537. The van der Waals surface area contributed by atoms with Gasteiger partial charge in [-0.1, -0.05) is 23.7 Å². The van der Waals surface area contributed by atoms with Gasteiger partial charge in [0.25, 0.3) is 5.88 Å².